The first-order valence-corrected chi connectivity index (χ1v) is 17.6. The van der Waals surface area contributed by atoms with Crippen LogP contribution in [0.2, 0.25) is 0 Å². The van der Waals surface area contributed by atoms with Gasteiger partial charge in [0.1, 0.15) is 12.4 Å². The molecule has 2 aliphatic heterocycles. The molecule has 2 atom stereocenters. The number of aromatic nitrogens is 1. The summed E-state index contributed by atoms with van der Waals surface area (Å²) in [5.74, 6) is 0.638. The predicted octanol–water partition coefficient (Wildman–Crippen LogP) is 4.86. The third-order valence-corrected chi connectivity index (χ3v) is 11.8. The molecule has 2 saturated carbocycles. The van der Waals surface area contributed by atoms with Crippen LogP contribution in [0.1, 0.15) is 71.8 Å². The Labute approximate surface area is 269 Å². The van der Waals surface area contributed by atoms with Crippen LogP contribution in [-0.2, 0) is 26.2 Å². The molecular weight excluding hydrogens is 608 g/mol. The summed E-state index contributed by atoms with van der Waals surface area (Å²) in [5, 5.41) is 1.08. The van der Waals surface area contributed by atoms with Crippen molar-refractivity contribution >= 4 is 33.1 Å². The zero-order valence-corrected chi connectivity index (χ0v) is 27.5. The minimum absolute atomic E-state index is 0.168. The van der Waals surface area contributed by atoms with Crippen molar-refractivity contribution in [1.29, 1.82) is 0 Å². The number of carbonyl (C=O) groups is 2. The fraction of sp³-hybridized carbons (Fsp3) is 0.529. The maximum absolute atomic E-state index is 13.3. The maximum atomic E-state index is 13.3. The molecule has 246 valence electrons. The Kier molecular flexibility index (Phi) is 8.01. The molecule has 1 aromatic heterocycles. The first-order chi connectivity index (χ1) is 22.1. The van der Waals surface area contributed by atoms with Crippen molar-refractivity contribution in [3.8, 4) is 17.0 Å². The number of amides is 2. The van der Waals surface area contributed by atoms with Gasteiger partial charge in [0.25, 0.3) is 5.91 Å². The molecule has 1 saturated heterocycles. The molecule has 2 aromatic carbocycles. The minimum Gasteiger partial charge on any atom is -0.497 e. The molecule has 1 N–H and O–H groups in total. The van der Waals surface area contributed by atoms with E-state index in [0.29, 0.717) is 38.8 Å². The van der Waals surface area contributed by atoms with Gasteiger partial charge in [0.05, 0.1) is 26.0 Å². The third kappa shape index (κ3) is 5.43. The van der Waals surface area contributed by atoms with Crippen LogP contribution in [0.25, 0.3) is 22.2 Å². The average molecular weight is 651 g/mol. The number of carbonyl (C=O) groups excluding carboxylic acids is 2. The van der Waals surface area contributed by atoms with E-state index in [1.165, 1.54) is 44.5 Å². The SMILES string of the molecule is COc1ccc2c(c1)C1CC1(COC(=O)N1CCOCC1)Cn1c-2c(C2CCCCC2)c2ccc(C(=O)NS(=O)(=O)N(C)C)cc21. The van der Waals surface area contributed by atoms with Crippen LogP contribution >= 0.6 is 0 Å². The molecule has 2 unspecified atom stereocenters. The summed E-state index contributed by atoms with van der Waals surface area (Å²) < 4.78 is 47.6. The summed E-state index contributed by atoms with van der Waals surface area (Å²) in [6.07, 6.45) is 6.27. The highest BCUT2D eigenvalue weighted by Crippen LogP contribution is 2.65. The summed E-state index contributed by atoms with van der Waals surface area (Å²) in [7, 11) is 0.476. The van der Waals surface area contributed by atoms with Crippen molar-refractivity contribution in [2.45, 2.75) is 56.9 Å². The Morgan fingerprint density at radius 1 is 1.07 bits per heavy atom. The first-order valence-electron chi connectivity index (χ1n) is 16.2. The quantitative estimate of drug-likeness (QED) is 0.388. The van der Waals surface area contributed by atoms with E-state index in [4.69, 9.17) is 14.2 Å². The van der Waals surface area contributed by atoms with E-state index < -0.39 is 16.1 Å². The maximum Gasteiger partial charge on any atom is 0.409 e. The Morgan fingerprint density at radius 2 is 1.83 bits per heavy atom. The minimum atomic E-state index is -3.96. The third-order valence-electron chi connectivity index (χ3n) is 10.4. The van der Waals surface area contributed by atoms with Gasteiger partial charge >= 0.3 is 16.3 Å². The Balaban J connectivity index is 1.36. The van der Waals surface area contributed by atoms with Crippen LogP contribution in [0, 0.1) is 5.41 Å². The van der Waals surface area contributed by atoms with Gasteiger partial charge in [-0.1, -0.05) is 25.3 Å². The molecule has 0 radical (unpaired) electrons. The van der Waals surface area contributed by atoms with E-state index in [2.05, 4.69) is 21.4 Å². The number of ether oxygens (including phenoxy) is 3. The molecular formula is C34H42N4O7S. The fourth-order valence-corrected chi connectivity index (χ4v) is 8.28. The molecule has 11 nitrogen and oxygen atoms in total. The zero-order chi connectivity index (χ0) is 32.2. The van der Waals surface area contributed by atoms with E-state index in [1.54, 1.807) is 18.1 Å². The van der Waals surface area contributed by atoms with E-state index in [9.17, 15) is 18.0 Å². The highest BCUT2D eigenvalue weighted by atomic mass is 32.2. The lowest BCUT2D eigenvalue weighted by Crippen LogP contribution is -2.41. The van der Waals surface area contributed by atoms with Gasteiger partial charge in [-0.2, -0.15) is 12.7 Å². The highest BCUT2D eigenvalue weighted by Gasteiger charge is 2.58. The number of benzene rings is 2. The van der Waals surface area contributed by atoms with E-state index in [0.717, 1.165) is 51.5 Å². The fourth-order valence-electron chi connectivity index (χ4n) is 7.74. The van der Waals surface area contributed by atoms with Crippen molar-refractivity contribution in [2.24, 2.45) is 5.41 Å². The van der Waals surface area contributed by atoms with Gasteiger partial charge in [-0.05, 0) is 72.6 Å². The van der Waals surface area contributed by atoms with E-state index in [1.807, 2.05) is 18.2 Å². The second-order valence-corrected chi connectivity index (χ2v) is 15.2. The topological polar surface area (TPSA) is 119 Å². The van der Waals surface area contributed by atoms with Crippen LogP contribution in [-0.4, -0.2) is 88.3 Å². The average Bonchev–Trinajstić information content (AvgIpc) is 3.72. The number of nitrogens with zero attached hydrogens (tertiary/aromatic N) is 3. The number of hydrogen-bond donors (Lipinski definition) is 1. The molecule has 3 aromatic rings. The number of fused-ring (bicyclic) bond motifs is 7. The second-order valence-electron chi connectivity index (χ2n) is 13.4. The van der Waals surface area contributed by atoms with Crippen LogP contribution in [0.4, 0.5) is 4.79 Å². The van der Waals surface area contributed by atoms with Gasteiger partial charge in [-0.25, -0.2) is 9.52 Å². The van der Waals surface area contributed by atoms with Gasteiger partial charge in [0, 0.05) is 61.2 Å². The van der Waals surface area contributed by atoms with Crippen LogP contribution in [0.5, 0.6) is 5.75 Å². The van der Waals surface area contributed by atoms with Crippen LogP contribution in [0.3, 0.4) is 0 Å². The smallest absolute Gasteiger partial charge is 0.409 e. The Morgan fingerprint density at radius 3 is 2.54 bits per heavy atom. The molecule has 3 heterocycles. The van der Waals surface area contributed by atoms with E-state index in [-0.39, 0.29) is 29.6 Å². The molecule has 0 bridgehead atoms. The standard InChI is InChI=1S/C34H42N4O7S/c1-36(2)46(41,42)35-32(39)23-9-11-26-29(17-23)38-20-34(21-45-33(40)37-13-15-44-16-14-37)19-28(34)27-18-24(43-3)10-12-25(27)31(38)30(26)22-7-5-4-6-8-22/h9-12,17-18,22,28H,4-8,13-16,19-21H2,1-3H3,(H,35,39). The zero-order valence-electron chi connectivity index (χ0n) is 26.7. The van der Waals surface area contributed by atoms with Crippen molar-refractivity contribution in [2.75, 3.05) is 54.1 Å². The van der Waals surface area contributed by atoms with Crippen molar-refractivity contribution in [3.05, 3.63) is 53.1 Å². The largest absolute Gasteiger partial charge is 0.497 e. The lowest BCUT2D eigenvalue weighted by Gasteiger charge is -2.27. The summed E-state index contributed by atoms with van der Waals surface area (Å²) >= 11 is 0. The van der Waals surface area contributed by atoms with Gasteiger partial charge in [0.15, 0.2) is 0 Å². The molecule has 4 aliphatic rings. The molecule has 2 aliphatic carbocycles. The second kappa shape index (κ2) is 11.9. The molecule has 3 fully saturated rings. The monoisotopic (exact) mass is 650 g/mol. The lowest BCUT2D eigenvalue weighted by atomic mass is 9.81. The summed E-state index contributed by atoms with van der Waals surface area (Å²) in [5.41, 5.74) is 5.58. The number of morpholine rings is 1. The van der Waals surface area contributed by atoms with Crippen LogP contribution in [0.15, 0.2) is 36.4 Å². The van der Waals surface area contributed by atoms with E-state index >= 15 is 0 Å². The number of rotatable bonds is 7. The summed E-state index contributed by atoms with van der Waals surface area (Å²) in [4.78, 5) is 28.1. The highest BCUT2D eigenvalue weighted by molar-refractivity contribution is 7.87. The van der Waals surface area contributed by atoms with Gasteiger partial charge in [0.2, 0.25) is 0 Å². The molecule has 7 rings (SSSR count). The summed E-state index contributed by atoms with van der Waals surface area (Å²) in [6.45, 7) is 2.91. The normalized spacial score (nSPS) is 22.9. The van der Waals surface area contributed by atoms with Crippen molar-refractivity contribution in [1.82, 2.24) is 18.5 Å². The number of hydrogen-bond acceptors (Lipinski definition) is 7. The lowest BCUT2D eigenvalue weighted by molar-refractivity contribution is 0.0201. The first kappa shape index (κ1) is 31.0. The van der Waals surface area contributed by atoms with Crippen molar-refractivity contribution in [3.63, 3.8) is 0 Å². The van der Waals surface area contributed by atoms with Gasteiger partial charge in [-0.15, -0.1) is 0 Å². The molecule has 2 amide bonds. The molecule has 46 heavy (non-hydrogen) atoms. The molecule has 0 spiro atoms. The van der Waals surface area contributed by atoms with Gasteiger partial charge in [-0.3, -0.25) is 4.79 Å². The Bertz CT molecular complexity index is 1790. The molecule has 12 heteroatoms. The predicted molar refractivity (Wildman–Crippen MR) is 173 cm³/mol. The van der Waals surface area contributed by atoms with Gasteiger partial charge < -0.3 is 23.7 Å². The number of methoxy groups -OCH3 is 1. The summed E-state index contributed by atoms with van der Waals surface area (Å²) in [6, 6.07) is 11.8. The van der Waals surface area contributed by atoms with Crippen molar-refractivity contribution < 1.29 is 32.2 Å². The van der Waals surface area contributed by atoms with Crippen LogP contribution < -0.4 is 9.46 Å². The number of nitrogens with one attached hydrogen (secondary N) is 1. The Hall–Kier alpha value is -3.61.